The smallest absolute Gasteiger partial charge is 0.338 e. The van der Waals surface area contributed by atoms with Gasteiger partial charge in [-0.05, 0) is 43.2 Å². The molecule has 0 amide bonds. The van der Waals surface area contributed by atoms with Crippen LogP contribution >= 0.6 is 23.4 Å². The number of aliphatic hydroxyl groups is 1. The first-order valence-corrected chi connectivity index (χ1v) is 10.8. The summed E-state index contributed by atoms with van der Waals surface area (Å²) in [6, 6.07) is 16.5. The van der Waals surface area contributed by atoms with Gasteiger partial charge in [0.05, 0.1) is 23.9 Å². The molecule has 7 heteroatoms. The van der Waals surface area contributed by atoms with Gasteiger partial charge in [0, 0.05) is 9.93 Å². The van der Waals surface area contributed by atoms with Crippen LogP contribution < -0.4 is 0 Å². The van der Waals surface area contributed by atoms with Gasteiger partial charge in [0.2, 0.25) is 0 Å². The van der Waals surface area contributed by atoms with E-state index in [9.17, 15) is 9.90 Å². The molecule has 1 fully saturated rings. The standard InChI is InChI=1S/C23H21ClN2O3S/c1-3-29-22(28)19-14(2)25-23-26(20(19)16-7-5-4-6-8-16)21(27)18(30-23)13-15-9-11-17(24)12-10-15/h4-13,20-21,27H,3H2,1-2H3/b18-13+. The Morgan fingerprint density at radius 1 is 1.23 bits per heavy atom. The van der Waals surface area contributed by atoms with Crippen molar-refractivity contribution in [2.24, 2.45) is 4.99 Å². The third kappa shape index (κ3) is 3.90. The second-order valence-corrected chi connectivity index (χ2v) is 8.39. The molecule has 1 N–H and O–H groups in total. The topological polar surface area (TPSA) is 62.1 Å². The highest BCUT2D eigenvalue weighted by Gasteiger charge is 2.45. The highest BCUT2D eigenvalue weighted by molar-refractivity contribution is 8.17. The fourth-order valence-electron chi connectivity index (χ4n) is 3.58. The number of esters is 1. The maximum absolute atomic E-state index is 12.8. The Morgan fingerprint density at radius 2 is 1.93 bits per heavy atom. The normalized spacial score (nSPS) is 22.2. The van der Waals surface area contributed by atoms with Crippen LogP contribution in [0.3, 0.4) is 0 Å². The van der Waals surface area contributed by atoms with E-state index in [0.717, 1.165) is 16.0 Å². The number of aliphatic hydroxyl groups excluding tert-OH is 1. The number of hydrogen-bond donors (Lipinski definition) is 1. The molecule has 2 aliphatic heterocycles. The minimum Gasteiger partial charge on any atom is -0.463 e. The molecular formula is C23H21ClN2O3S. The largest absolute Gasteiger partial charge is 0.463 e. The first-order valence-electron chi connectivity index (χ1n) is 9.62. The minimum absolute atomic E-state index is 0.271. The van der Waals surface area contributed by atoms with E-state index in [1.54, 1.807) is 18.7 Å². The molecule has 2 atom stereocenters. The molecule has 2 aliphatic rings. The summed E-state index contributed by atoms with van der Waals surface area (Å²) in [6.07, 6.45) is 0.973. The lowest BCUT2D eigenvalue weighted by molar-refractivity contribution is -0.139. The number of carbonyl (C=O) groups excluding carboxylic acids is 1. The number of halogens is 1. The average Bonchev–Trinajstić information content (AvgIpc) is 3.04. The molecule has 2 aromatic carbocycles. The number of nitrogens with zero attached hydrogens (tertiary/aromatic N) is 2. The molecule has 154 valence electrons. The van der Waals surface area contributed by atoms with Crippen LogP contribution in [0.1, 0.15) is 31.0 Å². The molecule has 0 aliphatic carbocycles. The number of ether oxygens (including phenoxy) is 1. The first-order chi connectivity index (χ1) is 14.5. The van der Waals surface area contributed by atoms with Crippen molar-refractivity contribution < 1.29 is 14.6 Å². The van der Waals surface area contributed by atoms with Crippen LogP contribution in [-0.4, -0.2) is 34.0 Å². The van der Waals surface area contributed by atoms with Crippen molar-refractivity contribution in [2.75, 3.05) is 6.61 Å². The molecule has 2 heterocycles. The van der Waals surface area contributed by atoms with Crippen molar-refractivity contribution in [3.63, 3.8) is 0 Å². The zero-order chi connectivity index (χ0) is 21.3. The lowest BCUT2D eigenvalue weighted by Gasteiger charge is -2.36. The van der Waals surface area contributed by atoms with Crippen molar-refractivity contribution in [1.29, 1.82) is 0 Å². The maximum atomic E-state index is 12.8. The fraction of sp³-hybridized carbons (Fsp3) is 0.217. The molecule has 30 heavy (non-hydrogen) atoms. The number of fused-ring (bicyclic) bond motifs is 1. The lowest BCUT2D eigenvalue weighted by atomic mass is 9.94. The third-order valence-electron chi connectivity index (χ3n) is 4.94. The van der Waals surface area contributed by atoms with Crippen LogP contribution in [0, 0.1) is 0 Å². The molecule has 0 radical (unpaired) electrons. The Balaban J connectivity index is 1.77. The van der Waals surface area contributed by atoms with Gasteiger partial charge in [0.25, 0.3) is 0 Å². The molecule has 0 saturated carbocycles. The van der Waals surface area contributed by atoms with E-state index in [1.807, 2.05) is 60.7 Å². The molecule has 2 aromatic rings. The summed E-state index contributed by atoms with van der Waals surface area (Å²) in [5, 5.41) is 12.5. The summed E-state index contributed by atoms with van der Waals surface area (Å²) in [4.78, 5) is 19.9. The maximum Gasteiger partial charge on any atom is 0.338 e. The molecule has 2 unspecified atom stereocenters. The second-order valence-electron chi connectivity index (χ2n) is 6.91. The predicted octanol–water partition coefficient (Wildman–Crippen LogP) is 5.00. The molecular weight excluding hydrogens is 420 g/mol. The second kappa shape index (κ2) is 8.68. The van der Waals surface area contributed by atoms with Crippen LogP contribution in [0.25, 0.3) is 6.08 Å². The van der Waals surface area contributed by atoms with Gasteiger partial charge in [-0.15, -0.1) is 0 Å². The van der Waals surface area contributed by atoms with Gasteiger partial charge in [0.15, 0.2) is 11.4 Å². The Hall–Kier alpha value is -2.54. The average molecular weight is 441 g/mol. The van der Waals surface area contributed by atoms with Gasteiger partial charge in [0.1, 0.15) is 0 Å². The summed E-state index contributed by atoms with van der Waals surface area (Å²) in [7, 11) is 0. The highest BCUT2D eigenvalue weighted by Crippen LogP contribution is 2.47. The Kier molecular flexibility index (Phi) is 5.99. The lowest BCUT2D eigenvalue weighted by Crippen LogP contribution is -2.41. The van der Waals surface area contributed by atoms with E-state index in [0.29, 0.717) is 21.5 Å². The summed E-state index contributed by atoms with van der Waals surface area (Å²) in [6.45, 7) is 3.85. The quantitative estimate of drug-likeness (QED) is 0.678. The van der Waals surface area contributed by atoms with E-state index in [4.69, 9.17) is 16.3 Å². The molecule has 0 spiro atoms. The van der Waals surface area contributed by atoms with E-state index < -0.39 is 18.2 Å². The van der Waals surface area contributed by atoms with Crippen molar-refractivity contribution in [3.8, 4) is 0 Å². The van der Waals surface area contributed by atoms with E-state index in [1.165, 1.54) is 11.8 Å². The van der Waals surface area contributed by atoms with Crippen molar-refractivity contribution in [2.45, 2.75) is 26.1 Å². The van der Waals surface area contributed by atoms with E-state index in [2.05, 4.69) is 4.99 Å². The number of hydrogen-bond acceptors (Lipinski definition) is 6. The van der Waals surface area contributed by atoms with Gasteiger partial charge in [-0.3, -0.25) is 0 Å². The number of allylic oxidation sites excluding steroid dienone is 1. The number of amidine groups is 1. The van der Waals surface area contributed by atoms with Crippen molar-refractivity contribution in [3.05, 3.63) is 86.9 Å². The van der Waals surface area contributed by atoms with Crippen molar-refractivity contribution in [1.82, 2.24) is 4.90 Å². The first kappa shape index (κ1) is 20.7. The van der Waals surface area contributed by atoms with Crippen molar-refractivity contribution >= 4 is 40.6 Å². The Morgan fingerprint density at radius 3 is 2.60 bits per heavy atom. The summed E-state index contributed by atoms with van der Waals surface area (Å²) in [5.74, 6) is -0.418. The molecule has 1 saturated heterocycles. The number of carbonyl (C=O) groups is 1. The van der Waals surface area contributed by atoms with Gasteiger partial charge >= 0.3 is 5.97 Å². The fourth-order valence-corrected chi connectivity index (χ4v) is 4.83. The van der Waals surface area contributed by atoms with Crippen LogP contribution in [0.5, 0.6) is 0 Å². The Labute approximate surface area is 184 Å². The number of thioether (sulfide) groups is 1. The monoisotopic (exact) mass is 440 g/mol. The number of benzene rings is 2. The number of aliphatic imine (C=N–C) groups is 1. The van der Waals surface area contributed by atoms with Crippen LogP contribution in [-0.2, 0) is 9.53 Å². The van der Waals surface area contributed by atoms with Gasteiger partial charge in [-0.1, -0.05) is 65.8 Å². The zero-order valence-electron chi connectivity index (χ0n) is 16.6. The number of rotatable bonds is 4. The summed E-state index contributed by atoms with van der Waals surface area (Å²) in [5.41, 5.74) is 2.85. The third-order valence-corrected chi connectivity index (χ3v) is 6.24. The molecule has 0 aromatic heterocycles. The van der Waals surface area contributed by atoms with E-state index >= 15 is 0 Å². The van der Waals surface area contributed by atoms with Crippen LogP contribution in [0.15, 0.2) is 75.8 Å². The Bertz CT molecular complexity index is 1050. The SMILES string of the molecule is CCOC(=O)C1=C(C)N=C2S/C(=C/c3ccc(Cl)cc3)C(O)N2C1c1ccccc1. The molecule has 0 bridgehead atoms. The van der Waals surface area contributed by atoms with Crippen LogP contribution in [0.2, 0.25) is 5.02 Å². The minimum atomic E-state index is -0.938. The molecule has 5 nitrogen and oxygen atoms in total. The predicted molar refractivity (Wildman–Crippen MR) is 121 cm³/mol. The summed E-state index contributed by atoms with van der Waals surface area (Å²) >= 11 is 7.38. The molecule has 4 rings (SSSR count). The summed E-state index contributed by atoms with van der Waals surface area (Å²) < 4.78 is 5.31. The van der Waals surface area contributed by atoms with Gasteiger partial charge in [-0.2, -0.15) is 0 Å². The van der Waals surface area contributed by atoms with Gasteiger partial charge in [-0.25, -0.2) is 9.79 Å². The van der Waals surface area contributed by atoms with Crippen LogP contribution in [0.4, 0.5) is 0 Å². The van der Waals surface area contributed by atoms with Gasteiger partial charge < -0.3 is 14.7 Å². The zero-order valence-corrected chi connectivity index (χ0v) is 18.2. The highest BCUT2D eigenvalue weighted by atomic mass is 35.5. The van der Waals surface area contributed by atoms with E-state index in [-0.39, 0.29) is 6.61 Å².